The highest BCUT2D eigenvalue weighted by Gasteiger charge is 2.04. The molecule has 0 aliphatic heterocycles. The van der Waals surface area contributed by atoms with Crippen LogP contribution in [0.25, 0.3) is 0 Å². The van der Waals surface area contributed by atoms with Crippen LogP contribution < -0.4 is 16.8 Å². The van der Waals surface area contributed by atoms with Crippen molar-refractivity contribution in [3.05, 3.63) is 35.9 Å². The van der Waals surface area contributed by atoms with Gasteiger partial charge in [-0.15, -0.1) is 0 Å². The summed E-state index contributed by atoms with van der Waals surface area (Å²) in [5.41, 5.74) is 13.6. The highest BCUT2D eigenvalue weighted by Crippen LogP contribution is 2.19. The van der Waals surface area contributed by atoms with Gasteiger partial charge >= 0.3 is 0 Å². The quantitative estimate of drug-likeness (QED) is 0.512. The Morgan fingerprint density at radius 1 is 1.53 bits per heavy atom. The fourth-order valence-corrected chi connectivity index (χ4v) is 1.11. The molecule has 0 saturated carbocycles. The second kappa shape index (κ2) is 4.50. The topological polar surface area (TPSA) is 81.1 Å². The number of primary amides is 1. The van der Waals surface area contributed by atoms with Crippen LogP contribution in [0.15, 0.2) is 30.4 Å². The zero-order chi connectivity index (χ0) is 11.4. The van der Waals surface area contributed by atoms with Gasteiger partial charge in [0, 0.05) is 12.1 Å². The Labute approximate surface area is 89.0 Å². The summed E-state index contributed by atoms with van der Waals surface area (Å²) in [7, 11) is 0. The smallest absolute Gasteiger partial charge is 0.248 e. The summed E-state index contributed by atoms with van der Waals surface area (Å²) in [4.78, 5) is 10.9. The van der Waals surface area contributed by atoms with Crippen molar-refractivity contribution < 1.29 is 4.79 Å². The summed E-state index contributed by atoms with van der Waals surface area (Å²) in [5.74, 6) is -0.464. The third-order valence-corrected chi connectivity index (χ3v) is 1.92. The minimum atomic E-state index is -0.464. The molecule has 80 valence electrons. The minimum absolute atomic E-state index is 0.438. The normalized spacial score (nSPS) is 9.67. The summed E-state index contributed by atoms with van der Waals surface area (Å²) in [6.45, 7) is 6.28. The van der Waals surface area contributed by atoms with Crippen molar-refractivity contribution in [1.29, 1.82) is 0 Å². The monoisotopic (exact) mass is 205 g/mol. The molecule has 0 fully saturated rings. The molecule has 0 aromatic heterocycles. The van der Waals surface area contributed by atoms with E-state index in [9.17, 15) is 4.79 Å². The molecule has 0 aliphatic rings. The molecule has 1 rings (SSSR count). The Morgan fingerprint density at radius 3 is 2.73 bits per heavy atom. The molecule has 0 aliphatic carbocycles. The number of carbonyl (C=O) groups excluding carboxylic acids is 1. The van der Waals surface area contributed by atoms with Crippen LogP contribution in [-0.2, 0) is 0 Å². The van der Waals surface area contributed by atoms with Crippen molar-refractivity contribution in [2.75, 3.05) is 17.6 Å². The van der Waals surface area contributed by atoms with Crippen LogP contribution in [0.2, 0.25) is 0 Å². The van der Waals surface area contributed by atoms with Gasteiger partial charge < -0.3 is 16.8 Å². The van der Waals surface area contributed by atoms with Crippen LogP contribution >= 0.6 is 0 Å². The van der Waals surface area contributed by atoms with E-state index in [1.165, 1.54) is 0 Å². The van der Waals surface area contributed by atoms with Gasteiger partial charge in [0.1, 0.15) is 0 Å². The fourth-order valence-electron chi connectivity index (χ4n) is 1.11. The molecule has 1 aromatic rings. The van der Waals surface area contributed by atoms with E-state index in [2.05, 4.69) is 11.9 Å². The average molecular weight is 205 g/mol. The lowest BCUT2D eigenvalue weighted by Crippen LogP contribution is -2.12. The number of hydrogen-bond acceptors (Lipinski definition) is 3. The molecule has 0 atom stereocenters. The summed E-state index contributed by atoms with van der Waals surface area (Å²) in [6.07, 6.45) is 0. The summed E-state index contributed by atoms with van der Waals surface area (Å²) in [6, 6.07) is 4.89. The maximum atomic E-state index is 10.9. The number of benzene rings is 1. The van der Waals surface area contributed by atoms with Crippen molar-refractivity contribution in [3.63, 3.8) is 0 Å². The number of amides is 1. The van der Waals surface area contributed by atoms with Crippen molar-refractivity contribution in [1.82, 2.24) is 0 Å². The van der Waals surface area contributed by atoms with Crippen molar-refractivity contribution in [2.24, 2.45) is 5.73 Å². The molecule has 4 nitrogen and oxygen atoms in total. The molecule has 0 unspecified atom stereocenters. The molecular formula is C11H15N3O. The van der Waals surface area contributed by atoms with Gasteiger partial charge in [0.15, 0.2) is 0 Å². The van der Waals surface area contributed by atoms with Crippen LogP contribution in [0.3, 0.4) is 0 Å². The number of hydrogen-bond donors (Lipinski definition) is 3. The Bertz CT molecular complexity index is 399. The largest absolute Gasteiger partial charge is 0.397 e. The Kier molecular flexibility index (Phi) is 3.33. The van der Waals surface area contributed by atoms with E-state index in [1.807, 2.05) is 6.92 Å². The second-order valence-electron chi connectivity index (χ2n) is 3.48. The van der Waals surface area contributed by atoms with Crippen LogP contribution in [0.5, 0.6) is 0 Å². The van der Waals surface area contributed by atoms with E-state index in [1.54, 1.807) is 18.2 Å². The van der Waals surface area contributed by atoms with Crippen molar-refractivity contribution in [2.45, 2.75) is 6.92 Å². The third-order valence-electron chi connectivity index (χ3n) is 1.92. The Hall–Kier alpha value is -1.97. The van der Waals surface area contributed by atoms with Gasteiger partial charge in [-0.3, -0.25) is 4.79 Å². The SMILES string of the molecule is C=C(C)CNc1cc(C(N)=O)ccc1N. The molecule has 1 aromatic carbocycles. The van der Waals surface area contributed by atoms with Crippen molar-refractivity contribution in [3.8, 4) is 0 Å². The predicted molar refractivity (Wildman–Crippen MR) is 62.7 cm³/mol. The minimum Gasteiger partial charge on any atom is -0.397 e. The number of anilines is 2. The number of nitrogens with two attached hydrogens (primary N) is 2. The number of nitrogens with one attached hydrogen (secondary N) is 1. The van der Waals surface area contributed by atoms with Crippen molar-refractivity contribution >= 4 is 17.3 Å². The standard InChI is InChI=1S/C11H15N3O/c1-7(2)6-14-10-5-8(11(13)15)3-4-9(10)12/h3-5,14H,1,6,12H2,2H3,(H2,13,15). The first-order chi connectivity index (χ1) is 7.00. The summed E-state index contributed by atoms with van der Waals surface area (Å²) in [5, 5.41) is 3.08. The van der Waals surface area contributed by atoms with Gasteiger partial charge in [0.2, 0.25) is 5.91 Å². The van der Waals surface area contributed by atoms with Gasteiger partial charge in [0.05, 0.1) is 11.4 Å². The van der Waals surface area contributed by atoms with Gasteiger partial charge in [-0.05, 0) is 25.1 Å². The summed E-state index contributed by atoms with van der Waals surface area (Å²) < 4.78 is 0. The average Bonchev–Trinajstić information content (AvgIpc) is 2.16. The molecule has 0 radical (unpaired) electrons. The zero-order valence-electron chi connectivity index (χ0n) is 8.71. The molecule has 0 bridgehead atoms. The van der Waals surface area contributed by atoms with E-state index >= 15 is 0 Å². The highest BCUT2D eigenvalue weighted by atomic mass is 16.1. The zero-order valence-corrected chi connectivity index (χ0v) is 8.71. The molecule has 1 amide bonds. The van der Waals surface area contributed by atoms with Crippen LogP contribution in [0.1, 0.15) is 17.3 Å². The Balaban J connectivity index is 2.90. The van der Waals surface area contributed by atoms with Crippen LogP contribution in [0.4, 0.5) is 11.4 Å². The lowest BCUT2D eigenvalue weighted by molar-refractivity contribution is 0.100. The van der Waals surface area contributed by atoms with Gasteiger partial charge in [-0.25, -0.2) is 0 Å². The number of rotatable bonds is 4. The van der Waals surface area contributed by atoms with E-state index in [-0.39, 0.29) is 0 Å². The molecular weight excluding hydrogens is 190 g/mol. The molecule has 0 spiro atoms. The third kappa shape index (κ3) is 3.02. The van der Waals surface area contributed by atoms with E-state index in [0.29, 0.717) is 23.5 Å². The first-order valence-corrected chi connectivity index (χ1v) is 4.58. The highest BCUT2D eigenvalue weighted by molar-refractivity contribution is 5.94. The first kappa shape index (κ1) is 11.1. The Morgan fingerprint density at radius 2 is 2.20 bits per heavy atom. The van der Waals surface area contributed by atoms with E-state index < -0.39 is 5.91 Å². The molecule has 5 N–H and O–H groups in total. The fraction of sp³-hybridized carbons (Fsp3) is 0.182. The molecule has 15 heavy (non-hydrogen) atoms. The van der Waals surface area contributed by atoms with Crippen LogP contribution in [-0.4, -0.2) is 12.5 Å². The predicted octanol–water partition coefficient (Wildman–Crippen LogP) is 1.36. The maximum absolute atomic E-state index is 10.9. The first-order valence-electron chi connectivity index (χ1n) is 4.58. The van der Waals surface area contributed by atoms with Crippen LogP contribution in [0, 0.1) is 0 Å². The molecule has 0 saturated heterocycles. The summed E-state index contributed by atoms with van der Waals surface area (Å²) >= 11 is 0. The van der Waals surface area contributed by atoms with E-state index in [0.717, 1.165) is 5.57 Å². The van der Waals surface area contributed by atoms with Gasteiger partial charge in [-0.2, -0.15) is 0 Å². The molecule has 4 heteroatoms. The lowest BCUT2D eigenvalue weighted by Gasteiger charge is -2.09. The van der Waals surface area contributed by atoms with Gasteiger partial charge in [-0.1, -0.05) is 12.2 Å². The second-order valence-corrected chi connectivity index (χ2v) is 3.48. The van der Waals surface area contributed by atoms with E-state index in [4.69, 9.17) is 11.5 Å². The number of nitrogen functional groups attached to an aromatic ring is 1. The number of carbonyl (C=O) groups is 1. The van der Waals surface area contributed by atoms with Gasteiger partial charge in [0.25, 0.3) is 0 Å². The molecule has 0 heterocycles. The maximum Gasteiger partial charge on any atom is 0.248 e. The lowest BCUT2D eigenvalue weighted by atomic mass is 10.1.